The lowest BCUT2D eigenvalue weighted by atomic mass is 10.1. The molecule has 41 heavy (non-hydrogen) atoms. The molecule has 4 aromatic rings. The van der Waals surface area contributed by atoms with Gasteiger partial charge in [0.1, 0.15) is 6.33 Å². The second-order valence-corrected chi connectivity index (χ2v) is 10.1. The SMILES string of the molecule is CCN1CC[C@H](COc2cc3ncnc(-c4ccc(NC(=O)Cc5ccc(C(F)(F)F)cc5)cc4)c3cc2OC)C1. The molecule has 1 fully saturated rings. The highest BCUT2D eigenvalue weighted by Gasteiger charge is 2.30. The summed E-state index contributed by atoms with van der Waals surface area (Å²) < 4.78 is 50.1. The zero-order valence-corrected chi connectivity index (χ0v) is 22.9. The van der Waals surface area contributed by atoms with Crippen molar-refractivity contribution in [2.45, 2.75) is 25.9 Å². The lowest BCUT2D eigenvalue weighted by Crippen LogP contribution is -2.21. The number of fused-ring (bicyclic) bond motifs is 1. The van der Waals surface area contributed by atoms with Crippen LogP contribution in [0.15, 0.2) is 67.0 Å². The Morgan fingerprint density at radius 2 is 1.80 bits per heavy atom. The summed E-state index contributed by atoms with van der Waals surface area (Å²) in [5.74, 6) is 1.39. The molecule has 7 nitrogen and oxygen atoms in total. The largest absolute Gasteiger partial charge is 0.493 e. The van der Waals surface area contributed by atoms with Crippen LogP contribution in [0.1, 0.15) is 24.5 Å². The Labute approximate surface area is 236 Å². The summed E-state index contributed by atoms with van der Waals surface area (Å²) in [6.45, 7) is 5.96. The Balaban J connectivity index is 1.27. The first-order valence-electron chi connectivity index (χ1n) is 13.5. The van der Waals surface area contributed by atoms with E-state index in [4.69, 9.17) is 9.47 Å². The number of carbonyl (C=O) groups is 1. The molecule has 0 radical (unpaired) electrons. The van der Waals surface area contributed by atoms with Crippen molar-refractivity contribution in [3.8, 4) is 22.8 Å². The predicted molar refractivity (Wildman–Crippen MR) is 151 cm³/mol. The fraction of sp³-hybridized carbons (Fsp3) is 0.323. The van der Waals surface area contributed by atoms with Crippen molar-refractivity contribution in [2.24, 2.45) is 5.92 Å². The third-order valence-corrected chi connectivity index (χ3v) is 7.30. The molecule has 2 heterocycles. The summed E-state index contributed by atoms with van der Waals surface area (Å²) in [6.07, 6.45) is -1.84. The maximum absolute atomic E-state index is 12.8. The van der Waals surface area contributed by atoms with Crippen LogP contribution in [0.25, 0.3) is 22.2 Å². The van der Waals surface area contributed by atoms with Crippen molar-refractivity contribution in [1.82, 2.24) is 14.9 Å². The first-order valence-corrected chi connectivity index (χ1v) is 13.5. The summed E-state index contributed by atoms with van der Waals surface area (Å²) in [5.41, 5.74) is 2.55. The van der Waals surface area contributed by atoms with Crippen molar-refractivity contribution >= 4 is 22.5 Å². The third-order valence-electron chi connectivity index (χ3n) is 7.30. The summed E-state index contributed by atoms with van der Waals surface area (Å²) in [4.78, 5) is 23.8. The van der Waals surface area contributed by atoms with E-state index in [-0.39, 0.29) is 12.3 Å². The van der Waals surface area contributed by atoms with Crippen LogP contribution in [0.4, 0.5) is 18.9 Å². The van der Waals surface area contributed by atoms with Crippen LogP contribution < -0.4 is 14.8 Å². The molecule has 1 amide bonds. The average molecular weight is 565 g/mol. The van der Waals surface area contributed by atoms with Gasteiger partial charge in [0.25, 0.3) is 0 Å². The molecule has 3 aromatic carbocycles. The van der Waals surface area contributed by atoms with Gasteiger partial charge in [-0.05, 0) is 55.4 Å². The topological polar surface area (TPSA) is 76.6 Å². The molecule has 10 heteroatoms. The molecule has 0 spiro atoms. The number of likely N-dealkylation sites (tertiary alicyclic amines) is 1. The smallest absolute Gasteiger partial charge is 0.416 e. The van der Waals surface area contributed by atoms with Crippen LogP contribution in [0.2, 0.25) is 0 Å². The molecule has 1 N–H and O–H groups in total. The Morgan fingerprint density at radius 3 is 2.46 bits per heavy atom. The van der Waals surface area contributed by atoms with E-state index in [9.17, 15) is 18.0 Å². The van der Waals surface area contributed by atoms with E-state index >= 15 is 0 Å². The molecular weight excluding hydrogens is 533 g/mol. The fourth-order valence-corrected chi connectivity index (χ4v) is 5.02. The lowest BCUT2D eigenvalue weighted by Gasteiger charge is -2.16. The molecule has 5 rings (SSSR count). The molecule has 0 saturated carbocycles. The number of rotatable bonds is 9. The molecule has 0 bridgehead atoms. The number of carbonyl (C=O) groups excluding carboxylic acids is 1. The summed E-state index contributed by atoms with van der Waals surface area (Å²) in [7, 11) is 1.61. The van der Waals surface area contributed by atoms with E-state index in [0.29, 0.717) is 41.0 Å². The Morgan fingerprint density at radius 1 is 1.05 bits per heavy atom. The van der Waals surface area contributed by atoms with Gasteiger partial charge in [0.05, 0.1) is 36.9 Å². The first-order chi connectivity index (χ1) is 19.7. The van der Waals surface area contributed by atoms with Gasteiger partial charge < -0.3 is 19.7 Å². The van der Waals surface area contributed by atoms with Crippen molar-refractivity contribution in [3.05, 3.63) is 78.1 Å². The number of halogens is 3. The summed E-state index contributed by atoms with van der Waals surface area (Å²) in [5, 5.41) is 3.59. The van der Waals surface area contributed by atoms with E-state index in [1.165, 1.54) is 18.5 Å². The van der Waals surface area contributed by atoms with Gasteiger partial charge in [0.15, 0.2) is 11.5 Å². The number of anilines is 1. The highest BCUT2D eigenvalue weighted by molar-refractivity contribution is 5.95. The van der Waals surface area contributed by atoms with E-state index in [1.807, 2.05) is 24.3 Å². The summed E-state index contributed by atoms with van der Waals surface area (Å²) >= 11 is 0. The minimum absolute atomic E-state index is 0.0434. The van der Waals surface area contributed by atoms with Gasteiger partial charge in [-0.2, -0.15) is 13.2 Å². The van der Waals surface area contributed by atoms with Gasteiger partial charge in [-0.25, -0.2) is 9.97 Å². The molecule has 0 aliphatic carbocycles. The standard InChI is InChI=1S/C31H31F3N4O3/c1-3-38-13-12-21(17-38)18-41-28-16-26-25(15-27(28)40-2)30(36-19-35-26)22-6-10-24(11-7-22)37-29(39)14-20-4-8-23(9-5-20)31(32,33)34/h4-11,15-16,19,21H,3,12-14,17-18H2,1-2H3,(H,37,39)/t21-/m0/s1. The second kappa shape index (κ2) is 12.1. The Hall–Kier alpha value is -4.18. The normalized spacial score (nSPS) is 15.7. The third kappa shape index (κ3) is 6.77. The van der Waals surface area contributed by atoms with Crippen LogP contribution in [-0.4, -0.2) is 54.1 Å². The molecule has 1 atom stereocenters. The second-order valence-electron chi connectivity index (χ2n) is 10.1. The zero-order chi connectivity index (χ0) is 29.0. The zero-order valence-electron chi connectivity index (χ0n) is 22.9. The van der Waals surface area contributed by atoms with Gasteiger partial charge in [0, 0.05) is 35.2 Å². The van der Waals surface area contributed by atoms with Crippen molar-refractivity contribution in [3.63, 3.8) is 0 Å². The number of ether oxygens (including phenoxy) is 2. The molecule has 1 aromatic heterocycles. The number of alkyl halides is 3. The number of nitrogens with zero attached hydrogens (tertiary/aromatic N) is 3. The first kappa shape index (κ1) is 28.4. The number of amides is 1. The predicted octanol–water partition coefficient (Wildman–Crippen LogP) is 6.23. The number of aromatic nitrogens is 2. The molecular formula is C31H31F3N4O3. The van der Waals surface area contributed by atoms with Crippen LogP contribution in [0.3, 0.4) is 0 Å². The molecule has 1 aliphatic rings. The highest BCUT2D eigenvalue weighted by atomic mass is 19.4. The van der Waals surface area contributed by atoms with Crippen LogP contribution in [0.5, 0.6) is 11.5 Å². The molecule has 214 valence electrons. The maximum atomic E-state index is 12.8. The van der Waals surface area contributed by atoms with E-state index in [1.54, 1.807) is 19.2 Å². The van der Waals surface area contributed by atoms with E-state index < -0.39 is 11.7 Å². The molecule has 1 saturated heterocycles. The van der Waals surface area contributed by atoms with E-state index in [0.717, 1.165) is 54.7 Å². The van der Waals surface area contributed by atoms with Gasteiger partial charge in [-0.1, -0.05) is 31.2 Å². The quantitative estimate of drug-likeness (QED) is 0.260. The number of methoxy groups -OCH3 is 1. The number of nitrogens with one attached hydrogen (secondary N) is 1. The van der Waals surface area contributed by atoms with Crippen LogP contribution in [-0.2, 0) is 17.4 Å². The van der Waals surface area contributed by atoms with Gasteiger partial charge in [-0.3, -0.25) is 4.79 Å². The van der Waals surface area contributed by atoms with Crippen molar-refractivity contribution in [1.29, 1.82) is 0 Å². The lowest BCUT2D eigenvalue weighted by molar-refractivity contribution is -0.137. The van der Waals surface area contributed by atoms with Crippen LogP contribution >= 0.6 is 0 Å². The number of hydrogen-bond donors (Lipinski definition) is 1. The summed E-state index contributed by atoms with van der Waals surface area (Å²) in [6, 6.07) is 15.5. The Kier molecular flexibility index (Phi) is 8.39. The minimum Gasteiger partial charge on any atom is -0.493 e. The van der Waals surface area contributed by atoms with Gasteiger partial charge in [0.2, 0.25) is 5.91 Å². The number of hydrogen-bond acceptors (Lipinski definition) is 6. The minimum atomic E-state index is -4.41. The van der Waals surface area contributed by atoms with Crippen molar-refractivity contribution < 1.29 is 27.4 Å². The number of benzene rings is 3. The average Bonchev–Trinajstić information content (AvgIpc) is 3.43. The van der Waals surface area contributed by atoms with Gasteiger partial charge >= 0.3 is 6.18 Å². The fourth-order valence-electron chi connectivity index (χ4n) is 5.02. The Bertz CT molecular complexity index is 1510. The van der Waals surface area contributed by atoms with Crippen molar-refractivity contribution in [2.75, 3.05) is 38.7 Å². The molecule has 1 aliphatic heterocycles. The van der Waals surface area contributed by atoms with E-state index in [2.05, 4.69) is 27.1 Å². The highest BCUT2D eigenvalue weighted by Crippen LogP contribution is 2.36. The monoisotopic (exact) mass is 564 g/mol. The molecule has 0 unspecified atom stereocenters. The van der Waals surface area contributed by atoms with Crippen LogP contribution in [0, 0.1) is 5.92 Å². The van der Waals surface area contributed by atoms with Gasteiger partial charge in [-0.15, -0.1) is 0 Å². The maximum Gasteiger partial charge on any atom is 0.416 e.